The second-order valence-corrected chi connectivity index (χ2v) is 10.7. The topological polar surface area (TPSA) is 77.3 Å². The Labute approximate surface area is 199 Å². The molecule has 0 unspecified atom stereocenters. The van der Waals surface area contributed by atoms with Gasteiger partial charge in [-0.15, -0.1) is 55.5 Å². The lowest BCUT2D eigenvalue weighted by Gasteiger charge is -2.01. The maximum atomic E-state index is 4.67. The molecule has 6 rings (SSSR count). The largest absolute Gasteiger partial charge is 0.222 e. The van der Waals surface area contributed by atoms with E-state index in [1.54, 1.807) is 57.7 Å². The van der Waals surface area contributed by atoms with E-state index in [0.717, 1.165) is 21.1 Å². The Hall–Kier alpha value is -3.18. The van der Waals surface area contributed by atoms with Gasteiger partial charge in [0.25, 0.3) is 0 Å². The Balaban J connectivity index is 1.32. The van der Waals surface area contributed by atoms with E-state index >= 15 is 0 Å². The molecule has 0 atom stereocenters. The SMILES string of the molecule is c1csc(-c2ccc(-c3cnnc(-c4nncc(-c5ccc(-c6cccs6)s5)n4)n3)s2)c1. The van der Waals surface area contributed by atoms with Crippen LogP contribution in [0.4, 0.5) is 0 Å². The molecule has 154 valence electrons. The minimum absolute atomic E-state index is 0.359. The molecule has 0 bridgehead atoms. The average Bonchev–Trinajstić information content (AvgIpc) is 3.66. The second kappa shape index (κ2) is 8.40. The van der Waals surface area contributed by atoms with Crippen molar-refractivity contribution in [1.29, 1.82) is 0 Å². The fourth-order valence-corrected chi connectivity index (χ4v) is 6.68. The Bertz CT molecular complexity index is 1370. The zero-order chi connectivity index (χ0) is 21.3. The highest BCUT2D eigenvalue weighted by Crippen LogP contribution is 2.37. The van der Waals surface area contributed by atoms with Gasteiger partial charge in [0.1, 0.15) is 11.4 Å². The van der Waals surface area contributed by atoms with Crippen LogP contribution in [0.25, 0.3) is 52.3 Å². The summed E-state index contributed by atoms with van der Waals surface area (Å²) in [5, 5.41) is 20.8. The van der Waals surface area contributed by atoms with Gasteiger partial charge in [0, 0.05) is 19.5 Å². The molecular formula is C22H12N6S4. The molecule has 0 saturated carbocycles. The molecule has 6 aromatic heterocycles. The first kappa shape index (κ1) is 19.5. The van der Waals surface area contributed by atoms with Crippen LogP contribution in [0.1, 0.15) is 0 Å². The Morgan fingerprint density at radius 3 is 1.41 bits per heavy atom. The van der Waals surface area contributed by atoms with E-state index in [1.807, 2.05) is 0 Å². The maximum absolute atomic E-state index is 4.67. The van der Waals surface area contributed by atoms with Gasteiger partial charge in [0.2, 0.25) is 11.6 Å². The number of nitrogens with zero attached hydrogens (tertiary/aromatic N) is 6. The van der Waals surface area contributed by atoms with Gasteiger partial charge in [-0.1, -0.05) is 12.1 Å². The quantitative estimate of drug-likeness (QED) is 0.271. The summed E-state index contributed by atoms with van der Waals surface area (Å²) in [6.45, 7) is 0. The summed E-state index contributed by atoms with van der Waals surface area (Å²) >= 11 is 6.79. The van der Waals surface area contributed by atoms with Crippen LogP contribution >= 0.6 is 45.3 Å². The molecule has 0 aromatic carbocycles. The highest BCUT2D eigenvalue weighted by molar-refractivity contribution is 7.23. The fraction of sp³-hybridized carbons (Fsp3) is 0. The van der Waals surface area contributed by atoms with Crippen molar-refractivity contribution < 1.29 is 0 Å². The van der Waals surface area contributed by atoms with Crippen molar-refractivity contribution >= 4 is 45.3 Å². The number of thiophene rings is 4. The number of aromatic nitrogens is 6. The minimum atomic E-state index is 0.359. The van der Waals surface area contributed by atoms with Gasteiger partial charge < -0.3 is 0 Å². The van der Waals surface area contributed by atoms with Crippen LogP contribution in [-0.2, 0) is 0 Å². The summed E-state index contributed by atoms with van der Waals surface area (Å²) in [6.07, 6.45) is 3.33. The van der Waals surface area contributed by atoms with Crippen molar-refractivity contribution in [3.05, 3.63) is 71.7 Å². The predicted octanol–water partition coefficient (Wildman–Crippen LogP) is 6.64. The van der Waals surface area contributed by atoms with Crippen LogP contribution in [0.3, 0.4) is 0 Å². The molecule has 6 heterocycles. The van der Waals surface area contributed by atoms with E-state index in [4.69, 9.17) is 0 Å². The molecule has 0 aliphatic heterocycles. The van der Waals surface area contributed by atoms with Gasteiger partial charge in [-0.25, -0.2) is 9.97 Å². The molecule has 6 nitrogen and oxygen atoms in total. The van der Waals surface area contributed by atoms with Crippen molar-refractivity contribution in [2.75, 3.05) is 0 Å². The highest BCUT2D eigenvalue weighted by Gasteiger charge is 2.14. The minimum Gasteiger partial charge on any atom is -0.221 e. The van der Waals surface area contributed by atoms with Gasteiger partial charge in [0.05, 0.1) is 22.1 Å². The molecule has 0 aliphatic rings. The molecule has 0 fully saturated rings. The molecular weight excluding hydrogens is 477 g/mol. The lowest BCUT2D eigenvalue weighted by Crippen LogP contribution is -2.00. The van der Waals surface area contributed by atoms with Gasteiger partial charge in [-0.3, -0.25) is 0 Å². The van der Waals surface area contributed by atoms with Crippen molar-refractivity contribution in [1.82, 2.24) is 30.4 Å². The molecule has 0 amide bonds. The zero-order valence-electron chi connectivity index (χ0n) is 16.2. The van der Waals surface area contributed by atoms with Crippen LogP contribution in [0.5, 0.6) is 0 Å². The van der Waals surface area contributed by atoms with Gasteiger partial charge in [-0.2, -0.15) is 10.2 Å². The van der Waals surface area contributed by atoms with E-state index in [0.29, 0.717) is 11.6 Å². The Kier molecular flexibility index (Phi) is 5.12. The number of hydrogen-bond acceptors (Lipinski definition) is 10. The van der Waals surface area contributed by atoms with E-state index in [-0.39, 0.29) is 0 Å². The van der Waals surface area contributed by atoms with Crippen LogP contribution < -0.4 is 0 Å². The first-order chi connectivity index (χ1) is 15.8. The lowest BCUT2D eigenvalue weighted by molar-refractivity contribution is 0.919. The lowest BCUT2D eigenvalue weighted by atomic mass is 10.3. The van der Waals surface area contributed by atoms with Gasteiger partial charge in [-0.05, 0) is 47.2 Å². The molecule has 0 radical (unpaired) electrons. The monoisotopic (exact) mass is 488 g/mol. The summed E-state index contributed by atoms with van der Waals surface area (Å²) < 4.78 is 0. The summed E-state index contributed by atoms with van der Waals surface area (Å²) in [7, 11) is 0. The molecule has 0 aliphatic carbocycles. The predicted molar refractivity (Wildman–Crippen MR) is 132 cm³/mol. The Morgan fingerprint density at radius 2 is 0.969 bits per heavy atom. The first-order valence-corrected chi connectivity index (χ1v) is 12.9. The molecule has 32 heavy (non-hydrogen) atoms. The third kappa shape index (κ3) is 3.78. The molecule has 0 N–H and O–H groups in total. The van der Waals surface area contributed by atoms with Crippen molar-refractivity contribution in [2.24, 2.45) is 0 Å². The fourth-order valence-electron chi connectivity index (χ4n) is 3.09. The highest BCUT2D eigenvalue weighted by atomic mass is 32.1. The Morgan fingerprint density at radius 1 is 0.500 bits per heavy atom. The van der Waals surface area contributed by atoms with Crippen molar-refractivity contribution in [3.8, 4) is 52.3 Å². The van der Waals surface area contributed by atoms with Crippen LogP contribution in [0.15, 0.2) is 71.7 Å². The average molecular weight is 489 g/mol. The van der Waals surface area contributed by atoms with E-state index in [2.05, 4.69) is 89.7 Å². The molecule has 10 heteroatoms. The van der Waals surface area contributed by atoms with Crippen molar-refractivity contribution in [2.45, 2.75) is 0 Å². The van der Waals surface area contributed by atoms with Crippen LogP contribution in [-0.4, -0.2) is 30.4 Å². The third-order valence-electron chi connectivity index (χ3n) is 4.56. The first-order valence-electron chi connectivity index (χ1n) is 9.51. The van der Waals surface area contributed by atoms with Gasteiger partial charge >= 0.3 is 0 Å². The van der Waals surface area contributed by atoms with Crippen LogP contribution in [0, 0.1) is 0 Å². The van der Waals surface area contributed by atoms with E-state index in [9.17, 15) is 0 Å². The van der Waals surface area contributed by atoms with Crippen LogP contribution in [0.2, 0.25) is 0 Å². The standard InChI is InChI=1S/C22H12N6S4/c1-3-17(29-9-1)19-7-5-15(31-19)13-11-23-27-21(25-13)22-26-14(12-24-28-22)16-6-8-20(32-16)18-4-2-10-30-18/h1-12H. The summed E-state index contributed by atoms with van der Waals surface area (Å²) in [5.74, 6) is 0.718. The molecule has 0 spiro atoms. The molecule has 0 saturated heterocycles. The van der Waals surface area contributed by atoms with E-state index in [1.165, 1.54) is 19.5 Å². The number of rotatable bonds is 5. The zero-order valence-corrected chi connectivity index (χ0v) is 19.5. The third-order valence-corrected chi connectivity index (χ3v) is 8.91. The molecule has 6 aromatic rings. The second-order valence-electron chi connectivity index (χ2n) is 6.61. The summed E-state index contributed by atoms with van der Waals surface area (Å²) in [6, 6.07) is 16.7. The summed E-state index contributed by atoms with van der Waals surface area (Å²) in [5.41, 5.74) is 1.49. The summed E-state index contributed by atoms with van der Waals surface area (Å²) in [4.78, 5) is 16.3. The van der Waals surface area contributed by atoms with E-state index < -0.39 is 0 Å². The van der Waals surface area contributed by atoms with Gasteiger partial charge in [0.15, 0.2) is 0 Å². The number of hydrogen-bond donors (Lipinski definition) is 0. The van der Waals surface area contributed by atoms with Crippen molar-refractivity contribution in [3.63, 3.8) is 0 Å². The normalized spacial score (nSPS) is 11.1. The smallest absolute Gasteiger partial charge is 0.221 e. The maximum Gasteiger partial charge on any atom is 0.222 e.